The van der Waals surface area contributed by atoms with Crippen molar-refractivity contribution in [3.8, 4) is 11.1 Å². The zero-order valence-corrected chi connectivity index (χ0v) is 15.6. The minimum Gasteiger partial charge on any atom is -0.481 e. The topological polar surface area (TPSA) is 37.3 Å². The monoisotopic (exact) mass is 358 g/mol. The molecule has 0 amide bonds. The smallest absolute Gasteiger partial charge is 0.303 e. The Hall–Kier alpha value is -2.87. The molecule has 0 bridgehead atoms. The molecule has 0 radical (unpaired) electrons. The highest BCUT2D eigenvalue weighted by Gasteiger charge is 2.08. The fraction of sp³-hybridized carbons (Fsp3) is 0.240. The number of benzene rings is 3. The number of carboxylic acids is 1. The molecular weight excluding hydrogens is 332 g/mol. The standard InChI is InChI=1S/C25H26O2/c26-25(27)16-8-12-21-17-18-24(22-13-5-2-6-14-22)23(19-21)15-7-11-20-9-3-1-4-10-20/h1-6,9-10,13-14,17-19H,7-8,11-12,15-16H2,(H,26,27). The largest absolute Gasteiger partial charge is 0.481 e. The van der Waals surface area contributed by atoms with Gasteiger partial charge in [0, 0.05) is 6.42 Å². The SMILES string of the molecule is O=C(O)CCCc1ccc(-c2ccccc2)c(CCCc2ccccc2)c1. The van der Waals surface area contributed by atoms with Crippen molar-refractivity contribution < 1.29 is 9.90 Å². The van der Waals surface area contributed by atoms with Gasteiger partial charge in [0.05, 0.1) is 0 Å². The summed E-state index contributed by atoms with van der Waals surface area (Å²) in [7, 11) is 0. The van der Waals surface area contributed by atoms with Crippen molar-refractivity contribution in [3.05, 3.63) is 95.6 Å². The van der Waals surface area contributed by atoms with Crippen molar-refractivity contribution in [1.82, 2.24) is 0 Å². The molecule has 2 heteroatoms. The van der Waals surface area contributed by atoms with E-state index in [-0.39, 0.29) is 6.42 Å². The van der Waals surface area contributed by atoms with Crippen LogP contribution in [0.25, 0.3) is 11.1 Å². The minimum absolute atomic E-state index is 0.226. The van der Waals surface area contributed by atoms with Gasteiger partial charge in [0.15, 0.2) is 0 Å². The Labute approximate surface area is 161 Å². The second kappa shape index (κ2) is 9.72. The molecule has 0 aromatic heterocycles. The van der Waals surface area contributed by atoms with Crippen molar-refractivity contribution in [1.29, 1.82) is 0 Å². The van der Waals surface area contributed by atoms with Gasteiger partial charge in [0.25, 0.3) is 0 Å². The average molecular weight is 358 g/mol. The van der Waals surface area contributed by atoms with Gasteiger partial charge >= 0.3 is 5.97 Å². The summed E-state index contributed by atoms with van der Waals surface area (Å²) in [5, 5.41) is 8.86. The van der Waals surface area contributed by atoms with Crippen LogP contribution in [0, 0.1) is 0 Å². The Kier molecular flexibility index (Phi) is 6.81. The summed E-state index contributed by atoms with van der Waals surface area (Å²) in [4.78, 5) is 10.8. The Morgan fingerprint density at radius 1 is 0.704 bits per heavy atom. The fourth-order valence-electron chi connectivity index (χ4n) is 3.48. The molecule has 0 aliphatic carbocycles. The van der Waals surface area contributed by atoms with Crippen LogP contribution in [0.2, 0.25) is 0 Å². The molecule has 3 rings (SSSR count). The molecule has 138 valence electrons. The van der Waals surface area contributed by atoms with Crippen molar-refractivity contribution in [2.24, 2.45) is 0 Å². The lowest BCUT2D eigenvalue weighted by molar-refractivity contribution is -0.137. The molecule has 0 aliphatic rings. The molecule has 0 fully saturated rings. The number of hydrogen-bond donors (Lipinski definition) is 1. The van der Waals surface area contributed by atoms with Gasteiger partial charge < -0.3 is 5.11 Å². The zero-order valence-electron chi connectivity index (χ0n) is 15.6. The van der Waals surface area contributed by atoms with Crippen LogP contribution in [0.5, 0.6) is 0 Å². The lowest BCUT2D eigenvalue weighted by Gasteiger charge is -2.13. The van der Waals surface area contributed by atoms with Gasteiger partial charge in [0.2, 0.25) is 0 Å². The number of rotatable bonds is 9. The van der Waals surface area contributed by atoms with E-state index in [9.17, 15) is 4.79 Å². The van der Waals surface area contributed by atoms with Gasteiger partial charge in [-0.05, 0) is 59.9 Å². The van der Waals surface area contributed by atoms with E-state index < -0.39 is 5.97 Å². The first-order valence-corrected chi connectivity index (χ1v) is 9.65. The van der Waals surface area contributed by atoms with Gasteiger partial charge in [-0.3, -0.25) is 4.79 Å². The van der Waals surface area contributed by atoms with Crippen LogP contribution in [0.15, 0.2) is 78.9 Å². The lowest BCUT2D eigenvalue weighted by atomic mass is 9.92. The van der Waals surface area contributed by atoms with Crippen molar-refractivity contribution in [2.45, 2.75) is 38.5 Å². The summed E-state index contributed by atoms with van der Waals surface area (Å²) in [6.07, 6.45) is 4.91. The third-order valence-electron chi connectivity index (χ3n) is 4.86. The molecule has 0 aliphatic heterocycles. The maximum absolute atomic E-state index is 10.8. The van der Waals surface area contributed by atoms with Crippen LogP contribution in [0.3, 0.4) is 0 Å². The number of carbonyl (C=O) groups is 1. The molecule has 0 spiro atoms. The molecule has 2 nitrogen and oxygen atoms in total. The summed E-state index contributed by atoms with van der Waals surface area (Å²) in [5.74, 6) is -0.723. The molecule has 0 unspecified atom stereocenters. The predicted octanol–water partition coefficient (Wildman–Crippen LogP) is 5.94. The van der Waals surface area contributed by atoms with E-state index in [0.717, 1.165) is 25.7 Å². The van der Waals surface area contributed by atoms with E-state index in [1.807, 2.05) is 6.07 Å². The van der Waals surface area contributed by atoms with Crippen molar-refractivity contribution >= 4 is 5.97 Å². The summed E-state index contributed by atoms with van der Waals surface area (Å²) in [5.41, 5.74) is 6.47. The first-order chi connectivity index (χ1) is 13.2. The van der Waals surface area contributed by atoms with E-state index in [1.165, 1.54) is 27.8 Å². The Bertz CT molecular complexity index is 854. The van der Waals surface area contributed by atoms with Gasteiger partial charge in [-0.1, -0.05) is 78.9 Å². The third kappa shape index (κ3) is 5.82. The number of aliphatic carboxylic acids is 1. The van der Waals surface area contributed by atoms with Crippen LogP contribution >= 0.6 is 0 Å². The van der Waals surface area contributed by atoms with Crippen LogP contribution in [0.4, 0.5) is 0 Å². The molecule has 0 heterocycles. The van der Waals surface area contributed by atoms with Crippen LogP contribution in [0.1, 0.15) is 36.0 Å². The van der Waals surface area contributed by atoms with Gasteiger partial charge in [0.1, 0.15) is 0 Å². The molecule has 3 aromatic carbocycles. The van der Waals surface area contributed by atoms with Gasteiger partial charge in [-0.2, -0.15) is 0 Å². The quantitative estimate of drug-likeness (QED) is 0.514. The van der Waals surface area contributed by atoms with Crippen LogP contribution < -0.4 is 0 Å². The molecule has 0 saturated heterocycles. The molecule has 0 saturated carbocycles. The fourth-order valence-corrected chi connectivity index (χ4v) is 3.48. The second-order valence-electron chi connectivity index (χ2n) is 6.94. The maximum Gasteiger partial charge on any atom is 0.303 e. The minimum atomic E-state index is -0.723. The predicted molar refractivity (Wildman–Crippen MR) is 111 cm³/mol. The lowest BCUT2D eigenvalue weighted by Crippen LogP contribution is -1.98. The van der Waals surface area contributed by atoms with Gasteiger partial charge in [-0.15, -0.1) is 0 Å². The number of aryl methyl sites for hydroxylation is 3. The molecule has 0 atom stereocenters. The highest BCUT2D eigenvalue weighted by Crippen LogP contribution is 2.27. The summed E-state index contributed by atoms with van der Waals surface area (Å²) in [6, 6.07) is 27.7. The van der Waals surface area contributed by atoms with Crippen molar-refractivity contribution in [3.63, 3.8) is 0 Å². The zero-order chi connectivity index (χ0) is 18.9. The second-order valence-corrected chi connectivity index (χ2v) is 6.94. The number of hydrogen-bond acceptors (Lipinski definition) is 1. The van der Waals surface area contributed by atoms with E-state index in [2.05, 4.69) is 72.8 Å². The van der Waals surface area contributed by atoms with Gasteiger partial charge in [-0.25, -0.2) is 0 Å². The average Bonchev–Trinajstić information content (AvgIpc) is 2.69. The van der Waals surface area contributed by atoms with Crippen LogP contribution in [-0.2, 0) is 24.1 Å². The third-order valence-corrected chi connectivity index (χ3v) is 4.86. The summed E-state index contributed by atoms with van der Waals surface area (Å²) in [6.45, 7) is 0. The molecule has 3 aromatic rings. The summed E-state index contributed by atoms with van der Waals surface area (Å²) >= 11 is 0. The number of carboxylic acid groups (broad SMARTS) is 1. The first kappa shape index (κ1) is 18.9. The maximum atomic E-state index is 10.8. The highest BCUT2D eigenvalue weighted by molar-refractivity contribution is 5.68. The van der Waals surface area contributed by atoms with Crippen molar-refractivity contribution in [2.75, 3.05) is 0 Å². The Morgan fingerprint density at radius 3 is 2.07 bits per heavy atom. The highest BCUT2D eigenvalue weighted by atomic mass is 16.4. The van der Waals surface area contributed by atoms with E-state index in [4.69, 9.17) is 5.11 Å². The first-order valence-electron chi connectivity index (χ1n) is 9.65. The van der Waals surface area contributed by atoms with E-state index in [1.54, 1.807) is 0 Å². The molecule has 27 heavy (non-hydrogen) atoms. The van der Waals surface area contributed by atoms with E-state index in [0.29, 0.717) is 6.42 Å². The summed E-state index contributed by atoms with van der Waals surface area (Å²) < 4.78 is 0. The Morgan fingerprint density at radius 2 is 1.37 bits per heavy atom. The normalized spacial score (nSPS) is 10.7. The Balaban J connectivity index is 1.75. The van der Waals surface area contributed by atoms with E-state index >= 15 is 0 Å². The molecule has 1 N–H and O–H groups in total. The van der Waals surface area contributed by atoms with Crippen LogP contribution in [-0.4, -0.2) is 11.1 Å². The molecular formula is C25H26O2.